The van der Waals surface area contributed by atoms with Gasteiger partial charge in [0.2, 0.25) is 10.0 Å². The minimum absolute atomic E-state index is 0. The van der Waals surface area contributed by atoms with Crippen molar-refractivity contribution in [2.75, 3.05) is 26.7 Å². The molecule has 0 bridgehead atoms. The van der Waals surface area contributed by atoms with E-state index in [0.717, 1.165) is 42.7 Å². The van der Waals surface area contributed by atoms with Crippen molar-refractivity contribution in [3.63, 3.8) is 0 Å². The Kier molecular flexibility index (Phi) is 10.7. The lowest BCUT2D eigenvalue weighted by atomic mass is 10.2. The fourth-order valence-corrected chi connectivity index (χ4v) is 6.06. The lowest BCUT2D eigenvalue weighted by Crippen LogP contribution is -2.39. The summed E-state index contributed by atoms with van der Waals surface area (Å²) < 4.78 is 27.9. The Morgan fingerprint density at radius 3 is 2.61 bits per heavy atom. The topological polar surface area (TPSA) is 86.7 Å². The minimum atomic E-state index is -3.47. The first kappa shape index (κ1) is 26.0. The zero-order chi connectivity index (χ0) is 21.4. The minimum Gasteiger partial charge on any atom is -0.356 e. The van der Waals surface area contributed by atoms with Crippen molar-refractivity contribution in [3.8, 4) is 0 Å². The monoisotopic (exact) mass is 577 g/mol. The SMILES string of the molecule is CCc1cnc(CCNC(=NC)NCc2ccccc2S(=O)(=O)N2CCCCC2)s1.I. The quantitative estimate of drug-likeness (QED) is 0.286. The van der Waals surface area contributed by atoms with Crippen LogP contribution in [0.2, 0.25) is 0 Å². The van der Waals surface area contributed by atoms with E-state index in [0.29, 0.717) is 37.0 Å². The third kappa shape index (κ3) is 7.13. The molecule has 1 saturated heterocycles. The van der Waals surface area contributed by atoms with E-state index in [9.17, 15) is 8.42 Å². The first-order valence-corrected chi connectivity index (χ1v) is 12.8. The molecular formula is C21H32IN5O2S2. The highest BCUT2D eigenvalue weighted by atomic mass is 127. The summed E-state index contributed by atoms with van der Waals surface area (Å²) in [5.74, 6) is 0.646. The number of halogens is 1. The Bertz CT molecular complexity index is 956. The number of rotatable bonds is 8. The van der Waals surface area contributed by atoms with Gasteiger partial charge in [-0.05, 0) is 30.9 Å². The van der Waals surface area contributed by atoms with Crippen molar-refractivity contribution >= 4 is 51.3 Å². The van der Waals surface area contributed by atoms with Crippen LogP contribution in [0.15, 0.2) is 40.4 Å². The Labute approximate surface area is 206 Å². The highest BCUT2D eigenvalue weighted by Gasteiger charge is 2.27. The third-order valence-electron chi connectivity index (χ3n) is 5.16. The second-order valence-corrected chi connectivity index (χ2v) is 10.4. The van der Waals surface area contributed by atoms with Crippen LogP contribution in [0.5, 0.6) is 0 Å². The molecule has 2 aromatic rings. The summed E-state index contributed by atoms with van der Waals surface area (Å²) in [5, 5.41) is 7.63. The van der Waals surface area contributed by atoms with Crippen LogP contribution in [0.25, 0.3) is 0 Å². The van der Waals surface area contributed by atoms with Crippen LogP contribution in [-0.4, -0.2) is 50.3 Å². The van der Waals surface area contributed by atoms with Crippen molar-refractivity contribution in [3.05, 3.63) is 45.9 Å². The first-order chi connectivity index (χ1) is 14.5. The number of thiazole rings is 1. The molecule has 0 atom stereocenters. The Morgan fingerprint density at radius 2 is 1.94 bits per heavy atom. The number of aliphatic imine (C=N–C) groups is 1. The summed E-state index contributed by atoms with van der Waals surface area (Å²) in [6.07, 6.45) is 6.72. The van der Waals surface area contributed by atoms with E-state index in [4.69, 9.17) is 0 Å². The molecule has 3 rings (SSSR count). The molecule has 1 fully saturated rings. The summed E-state index contributed by atoms with van der Waals surface area (Å²) >= 11 is 1.74. The maximum atomic E-state index is 13.1. The van der Waals surface area contributed by atoms with Crippen LogP contribution in [0.3, 0.4) is 0 Å². The summed E-state index contributed by atoms with van der Waals surface area (Å²) in [4.78, 5) is 10.4. The lowest BCUT2D eigenvalue weighted by Gasteiger charge is -2.27. The van der Waals surface area contributed by atoms with Gasteiger partial charge in [-0.3, -0.25) is 4.99 Å². The van der Waals surface area contributed by atoms with E-state index >= 15 is 0 Å². The molecule has 0 spiro atoms. The number of hydrogen-bond donors (Lipinski definition) is 2. The van der Waals surface area contributed by atoms with Crippen LogP contribution in [-0.2, 0) is 29.4 Å². The van der Waals surface area contributed by atoms with Gasteiger partial charge in [0.05, 0.1) is 9.90 Å². The van der Waals surface area contributed by atoms with Crippen LogP contribution in [0.4, 0.5) is 0 Å². The number of aromatic nitrogens is 1. The van der Waals surface area contributed by atoms with Crippen molar-refractivity contribution in [1.82, 2.24) is 19.9 Å². The van der Waals surface area contributed by atoms with Gasteiger partial charge in [-0.2, -0.15) is 4.31 Å². The molecule has 0 aliphatic carbocycles. The Morgan fingerprint density at radius 1 is 1.19 bits per heavy atom. The Balaban J connectivity index is 0.00000341. The number of aryl methyl sites for hydroxylation is 1. The number of benzene rings is 1. The van der Waals surface area contributed by atoms with E-state index in [1.807, 2.05) is 18.3 Å². The van der Waals surface area contributed by atoms with Crippen molar-refractivity contribution in [1.29, 1.82) is 0 Å². The molecule has 0 amide bonds. The van der Waals surface area contributed by atoms with E-state index < -0.39 is 10.0 Å². The standard InChI is InChI=1S/C21H31N5O2S2.HI/c1-3-18-16-24-20(29-18)11-12-23-21(22-2)25-15-17-9-5-6-10-19(17)30(27,28)26-13-7-4-8-14-26;/h5-6,9-10,16H,3-4,7-8,11-15H2,1-2H3,(H2,22,23,25);1H. The molecule has 1 aromatic heterocycles. The van der Waals surface area contributed by atoms with Gasteiger partial charge in [0.25, 0.3) is 0 Å². The molecule has 7 nitrogen and oxygen atoms in total. The van der Waals surface area contributed by atoms with Gasteiger partial charge in [0, 0.05) is 50.7 Å². The highest BCUT2D eigenvalue weighted by Crippen LogP contribution is 2.23. The fraction of sp³-hybridized carbons (Fsp3) is 0.524. The second kappa shape index (κ2) is 12.7. The average molecular weight is 578 g/mol. The zero-order valence-corrected chi connectivity index (χ0v) is 22.1. The Hall–Kier alpha value is -1.24. The molecule has 1 aliphatic rings. The van der Waals surface area contributed by atoms with E-state index in [-0.39, 0.29) is 24.0 Å². The lowest BCUT2D eigenvalue weighted by molar-refractivity contribution is 0.346. The van der Waals surface area contributed by atoms with Gasteiger partial charge < -0.3 is 10.6 Å². The van der Waals surface area contributed by atoms with Gasteiger partial charge >= 0.3 is 0 Å². The summed E-state index contributed by atoms with van der Waals surface area (Å²) in [6.45, 7) is 4.43. The van der Waals surface area contributed by atoms with Gasteiger partial charge in [-0.25, -0.2) is 13.4 Å². The molecule has 0 saturated carbocycles. The highest BCUT2D eigenvalue weighted by molar-refractivity contribution is 14.0. The number of nitrogens with zero attached hydrogens (tertiary/aromatic N) is 3. The second-order valence-electron chi connectivity index (χ2n) is 7.25. The molecule has 0 unspecified atom stereocenters. The predicted molar refractivity (Wildman–Crippen MR) is 138 cm³/mol. The average Bonchev–Trinajstić information content (AvgIpc) is 3.25. The maximum Gasteiger partial charge on any atom is 0.243 e. The molecule has 0 radical (unpaired) electrons. The van der Waals surface area contributed by atoms with Crippen LogP contribution < -0.4 is 10.6 Å². The van der Waals surface area contributed by atoms with E-state index in [1.54, 1.807) is 34.8 Å². The van der Waals surface area contributed by atoms with E-state index in [2.05, 4.69) is 27.5 Å². The summed E-state index contributed by atoms with van der Waals surface area (Å²) in [5.41, 5.74) is 0.749. The predicted octanol–water partition coefficient (Wildman–Crippen LogP) is 3.41. The smallest absolute Gasteiger partial charge is 0.243 e. The molecule has 31 heavy (non-hydrogen) atoms. The van der Waals surface area contributed by atoms with Gasteiger partial charge in [-0.1, -0.05) is 31.5 Å². The van der Waals surface area contributed by atoms with Crippen molar-refractivity contribution in [2.45, 2.75) is 50.5 Å². The number of sulfonamides is 1. The number of piperidine rings is 1. The number of guanidine groups is 1. The summed E-state index contributed by atoms with van der Waals surface area (Å²) in [6, 6.07) is 7.21. The molecule has 172 valence electrons. The van der Waals surface area contributed by atoms with Gasteiger partial charge in [0.1, 0.15) is 0 Å². The van der Waals surface area contributed by atoms with Gasteiger partial charge in [-0.15, -0.1) is 35.3 Å². The molecule has 2 N–H and O–H groups in total. The molecule has 1 aliphatic heterocycles. The normalized spacial score (nSPS) is 15.4. The largest absolute Gasteiger partial charge is 0.356 e. The van der Waals surface area contributed by atoms with Crippen LogP contribution in [0, 0.1) is 0 Å². The number of nitrogens with one attached hydrogen (secondary N) is 2. The zero-order valence-electron chi connectivity index (χ0n) is 18.1. The summed E-state index contributed by atoms with van der Waals surface area (Å²) in [7, 11) is -1.76. The molecular weight excluding hydrogens is 545 g/mol. The van der Waals surface area contributed by atoms with Crippen molar-refractivity contribution < 1.29 is 8.42 Å². The van der Waals surface area contributed by atoms with Gasteiger partial charge in [0.15, 0.2) is 5.96 Å². The molecule has 10 heteroatoms. The first-order valence-electron chi connectivity index (χ1n) is 10.5. The van der Waals surface area contributed by atoms with Crippen molar-refractivity contribution in [2.24, 2.45) is 4.99 Å². The third-order valence-corrected chi connectivity index (χ3v) is 8.36. The maximum absolute atomic E-state index is 13.1. The van der Waals surface area contributed by atoms with E-state index in [1.165, 1.54) is 4.88 Å². The fourth-order valence-electron chi connectivity index (χ4n) is 3.46. The molecule has 2 heterocycles. The van der Waals surface area contributed by atoms with Crippen LogP contribution >= 0.6 is 35.3 Å². The molecule has 1 aromatic carbocycles. The van der Waals surface area contributed by atoms with Crippen LogP contribution in [0.1, 0.15) is 41.6 Å². The number of hydrogen-bond acceptors (Lipinski definition) is 5.